The first-order valence-electron chi connectivity index (χ1n) is 8.83. The quantitative estimate of drug-likeness (QED) is 0.813. The van der Waals surface area contributed by atoms with Crippen LogP contribution < -0.4 is 10.2 Å². The number of amides is 4. The van der Waals surface area contributed by atoms with Gasteiger partial charge in [-0.05, 0) is 25.0 Å². The number of hydrazine groups is 1. The van der Waals surface area contributed by atoms with Crippen LogP contribution in [0.1, 0.15) is 35.2 Å². The highest BCUT2D eigenvalue weighted by Gasteiger charge is 2.38. The van der Waals surface area contributed by atoms with Crippen molar-refractivity contribution < 1.29 is 19.2 Å². The van der Waals surface area contributed by atoms with E-state index in [1.165, 1.54) is 10.0 Å². The van der Waals surface area contributed by atoms with Crippen molar-refractivity contribution in [2.45, 2.75) is 25.8 Å². The van der Waals surface area contributed by atoms with E-state index in [-0.39, 0.29) is 30.7 Å². The molecule has 1 N–H and O–H groups in total. The minimum atomic E-state index is -0.559. The van der Waals surface area contributed by atoms with Gasteiger partial charge in [0.1, 0.15) is 6.29 Å². The zero-order chi connectivity index (χ0) is 18.3. The maximum Gasteiger partial charge on any atom is 0.342 e. The summed E-state index contributed by atoms with van der Waals surface area (Å²) < 4.78 is 0. The van der Waals surface area contributed by atoms with E-state index in [0.717, 1.165) is 43.5 Å². The number of carbonyl (C=O) groups excluding carboxylic acids is 4. The lowest BCUT2D eigenvalue weighted by Crippen LogP contribution is -2.56. The van der Waals surface area contributed by atoms with E-state index < -0.39 is 6.03 Å². The summed E-state index contributed by atoms with van der Waals surface area (Å²) in [4.78, 5) is 49.4. The predicted molar refractivity (Wildman–Crippen MR) is 92.2 cm³/mol. The molecule has 4 rings (SSSR count). The van der Waals surface area contributed by atoms with E-state index in [9.17, 15) is 19.2 Å². The van der Waals surface area contributed by atoms with Crippen LogP contribution in [0, 0.1) is 5.92 Å². The standard InChI is InChI=1S/C18H20N4O4/c23-11-12-4-7-20(8-5-12)15-3-1-2-13-14(15)10-22(17(13)25)21-9-6-16(24)19-18(21)26/h1-3,11-12H,4-10H2,(H,19,24,26). The van der Waals surface area contributed by atoms with Crippen molar-refractivity contribution in [2.75, 3.05) is 24.5 Å². The van der Waals surface area contributed by atoms with Crippen LogP contribution in [0.15, 0.2) is 18.2 Å². The van der Waals surface area contributed by atoms with E-state index in [2.05, 4.69) is 10.2 Å². The fourth-order valence-electron chi connectivity index (χ4n) is 3.86. The number of nitrogens with one attached hydrogen (secondary N) is 1. The summed E-state index contributed by atoms with van der Waals surface area (Å²) in [5.74, 6) is -0.445. The first-order valence-corrected chi connectivity index (χ1v) is 8.83. The number of piperidine rings is 1. The number of aldehydes is 1. The largest absolute Gasteiger partial charge is 0.371 e. The Bertz CT molecular complexity index is 785. The van der Waals surface area contributed by atoms with E-state index in [1.807, 2.05) is 12.1 Å². The van der Waals surface area contributed by atoms with Gasteiger partial charge in [0.15, 0.2) is 0 Å². The molecule has 0 aliphatic carbocycles. The van der Waals surface area contributed by atoms with Gasteiger partial charge in [-0.25, -0.2) is 14.8 Å². The lowest BCUT2D eigenvalue weighted by Gasteiger charge is -2.34. The van der Waals surface area contributed by atoms with Gasteiger partial charge in [0.25, 0.3) is 5.91 Å². The van der Waals surface area contributed by atoms with Gasteiger partial charge < -0.3 is 9.69 Å². The Labute approximate surface area is 150 Å². The maximum absolute atomic E-state index is 12.8. The minimum absolute atomic E-state index is 0.107. The predicted octanol–water partition coefficient (Wildman–Crippen LogP) is 0.915. The number of anilines is 1. The van der Waals surface area contributed by atoms with Crippen molar-refractivity contribution in [2.24, 2.45) is 5.92 Å². The monoisotopic (exact) mass is 356 g/mol. The molecular formula is C18H20N4O4. The molecule has 0 unspecified atom stereocenters. The fraction of sp³-hybridized carbons (Fsp3) is 0.444. The lowest BCUT2D eigenvalue weighted by molar-refractivity contribution is -0.123. The summed E-state index contributed by atoms with van der Waals surface area (Å²) >= 11 is 0. The molecular weight excluding hydrogens is 336 g/mol. The topological polar surface area (TPSA) is 90.0 Å². The molecule has 2 saturated heterocycles. The number of urea groups is 1. The van der Waals surface area contributed by atoms with Crippen molar-refractivity contribution in [1.29, 1.82) is 0 Å². The molecule has 136 valence electrons. The third kappa shape index (κ3) is 2.71. The molecule has 3 aliphatic heterocycles. The highest BCUT2D eigenvalue weighted by Crippen LogP contribution is 2.34. The molecule has 1 aromatic carbocycles. The van der Waals surface area contributed by atoms with E-state index in [4.69, 9.17) is 0 Å². The average Bonchev–Trinajstić information content (AvgIpc) is 2.99. The molecule has 1 aromatic rings. The van der Waals surface area contributed by atoms with Crippen molar-refractivity contribution >= 4 is 29.8 Å². The summed E-state index contributed by atoms with van der Waals surface area (Å²) in [7, 11) is 0. The highest BCUT2D eigenvalue weighted by molar-refractivity contribution is 6.03. The SMILES string of the molecule is O=CC1CCN(c2cccc3c2CN(N2CCC(=O)NC2=O)C3=O)CC1. The molecule has 0 bridgehead atoms. The zero-order valence-electron chi connectivity index (χ0n) is 14.3. The third-order valence-electron chi connectivity index (χ3n) is 5.32. The maximum atomic E-state index is 12.8. The first-order chi connectivity index (χ1) is 12.6. The van der Waals surface area contributed by atoms with Crippen LogP contribution in [0.5, 0.6) is 0 Å². The zero-order valence-corrected chi connectivity index (χ0v) is 14.3. The molecule has 8 nitrogen and oxygen atoms in total. The van der Waals surface area contributed by atoms with Crippen LogP contribution in [-0.4, -0.2) is 53.8 Å². The second-order valence-corrected chi connectivity index (χ2v) is 6.85. The van der Waals surface area contributed by atoms with E-state index in [1.54, 1.807) is 6.07 Å². The van der Waals surface area contributed by atoms with Crippen molar-refractivity contribution in [3.05, 3.63) is 29.3 Å². The van der Waals surface area contributed by atoms with Crippen molar-refractivity contribution in [3.63, 3.8) is 0 Å². The number of hydrogen-bond acceptors (Lipinski definition) is 5. The molecule has 0 aromatic heterocycles. The Morgan fingerprint density at radius 1 is 1.04 bits per heavy atom. The third-order valence-corrected chi connectivity index (χ3v) is 5.32. The van der Waals surface area contributed by atoms with E-state index >= 15 is 0 Å². The lowest BCUT2D eigenvalue weighted by atomic mass is 9.97. The number of imide groups is 1. The van der Waals surface area contributed by atoms with Gasteiger partial charge in [-0.1, -0.05) is 6.07 Å². The summed E-state index contributed by atoms with van der Waals surface area (Å²) in [5.41, 5.74) is 2.47. The highest BCUT2D eigenvalue weighted by atomic mass is 16.2. The Hall–Kier alpha value is -2.90. The number of rotatable bonds is 3. The first kappa shape index (κ1) is 16.6. The van der Waals surface area contributed by atoms with Gasteiger partial charge in [-0.2, -0.15) is 0 Å². The Morgan fingerprint density at radius 2 is 1.81 bits per heavy atom. The molecule has 0 radical (unpaired) electrons. The molecule has 0 saturated carbocycles. The molecule has 0 spiro atoms. The summed E-state index contributed by atoms with van der Waals surface area (Å²) in [6, 6.07) is 5.04. The van der Waals surface area contributed by atoms with Crippen LogP contribution in [0.25, 0.3) is 0 Å². The fourth-order valence-corrected chi connectivity index (χ4v) is 3.86. The molecule has 26 heavy (non-hydrogen) atoms. The Balaban J connectivity index is 1.58. The number of hydrogen-bond donors (Lipinski definition) is 1. The van der Waals surface area contributed by atoms with Crippen LogP contribution in [0.3, 0.4) is 0 Å². The number of nitrogens with zero attached hydrogens (tertiary/aromatic N) is 3. The van der Waals surface area contributed by atoms with E-state index in [0.29, 0.717) is 12.1 Å². The number of fused-ring (bicyclic) bond motifs is 1. The molecule has 8 heteroatoms. The van der Waals surface area contributed by atoms with Gasteiger partial charge in [-0.3, -0.25) is 14.9 Å². The summed E-state index contributed by atoms with van der Waals surface area (Å²) in [5, 5.41) is 4.98. The van der Waals surface area contributed by atoms with Gasteiger partial charge in [-0.15, -0.1) is 0 Å². The number of benzene rings is 1. The molecule has 4 amide bonds. The summed E-state index contributed by atoms with van der Waals surface area (Å²) in [6.07, 6.45) is 2.81. The average molecular weight is 356 g/mol. The second kappa shape index (κ2) is 6.44. The molecule has 2 fully saturated rings. The van der Waals surface area contributed by atoms with Gasteiger partial charge in [0.2, 0.25) is 5.91 Å². The van der Waals surface area contributed by atoms with Crippen molar-refractivity contribution in [1.82, 2.24) is 15.3 Å². The normalized spacial score (nSPS) is 21.1. The van der Waals surface area contributed by atoms with Crippen LogP contribution in [-0.2, 0) is 16.1 Å². The van der Waals surface area contributed by atoms with Gasteiger partial charge >= 0.3 is 6.03 Å². The second-order valence-electron chi connectivity index (χ2n) is 6.85. The summed E-state index contributed by atoms with van der Waals surface area (Å²) in [6.45, 7) is 2.05. The Kier molecular flexibility index (Phi) is 4.10. The number of carbonyl (C=O) groups is 4. The van der Waals surface area contributed by atoms with Crippen LogP contribution in [0.4, 0.5) is 10.5 Å². The van der Waals surface area contributed by atoms with Crippen molar-refractivity contribution in [3.8, 4) is 0 Å². The smallest absolute Gasteiger partial charge is 0.342 e. The van der Waals surface area contributed by atoms with Gasteiger partial charge in [0.05, 0.1) is 13.1 Å². The molecule has 3 aliphatic rings. The van der Waals surface area contributed by atoms with Gasteiger partial charge in [0, 0.05) is 42.2 Å². The Morgan fingerprint density at radius 3 is 2.50 bits per heavy atom. The molecule has 3 heterocycles. The minimum Gasteiger partial charge on any atom is -0.371 e. The van der Waals surface area contributed by atoms with Crippen LogP contribution in [0.2, 0.25) is 0 Å². The molecule has 0 atom stereocenters. The van der Waals surface area contributed by atoms with Crippen LogP contribution >= 0.6 is 0 Å².